The highest BCUT2D eigenvalue weighted by Crippen LogP contribution is 2.23. The minimum absolute atomic E-state index is 0.238. The van der Waals surface area contributed by atoms with E-state index in [1.807, 2.05) is 13.6 Å². The van der Waals surface area contributed by atoms with Crippen LogP contribution >= 0.6 is 11.6 Å². The van der Waals surface area contributed by atoms with E-state index in [0.29, 0.717) is 10.7 Å². The molecule has 0 N–H and O–H groups in total. The molecule has 0 amide bonds. The summed E-state index contributed by atoms with van der Waals surface area (Å²) >= 11 is 5.84. The molecule has 0 saturated heterocycles. The summed E-state index contributed by atoms with van der Waals surface area (Å²) in [6.07, 6.45) is 1.51. The fourth-order valence-electron chi connectivity index (χ4n) is 1.28. The molecular formula is C12H14ClNO4. The van der Waals surface area contributed by atoms with Crippen LogP contribution in [0.3, 0.4) is 0 Å². The minimum Gasteiger partial charge on any atom is -0.307 e. The molecule has 0 atom stereocenters. The molecule has 0 unspecified atom stereocenters. The van der Waals surface area contributed by atoms with Crippen molar-refractivity contribution in [1.29, 1.82) is 0 Å². The SMILES string of the molecule is C=O.C=O.CC(=O)C(C(C)=O)c1ncccc1Cl. The van der Waals surface area contributed by atoms with E-state index in [2.05, 4.69) is 4.98 Å². The summed E-state index contributed by atoms with van der Waals surface area (Å²) < 4.78 is 0. The first-order valence-corrected chi connectivity index (χ1v) is 5.11. The van der Waals surface area contributed by atoms with Crippen LogP contribution in [-0.2, 0) is 19.2 Å². The maximum Gasteiger partial charge on any atom is 0.146 e. The van der Waals surface area contributed by atoms with Gasteiger partial charge in [-0.05, 0) is 26.0 Å². The molecule has 0 aliphatic carbocycles. The molecule has 0 aliphatic rings. The molecule has 0 bridgehead atoms. The van der Waals surface area contributed by atoms with Crippen molar-refractivity contribution in [3.05, 3.63) is 29.0 Å². The largest absolute Gasteiger partial charge is 0.307 e. The van der Waals surface area contributed by atoms with E-state index in [4.69, 9.17) is 21.2 Å². The first-order chi connectivity index (χ1) is 8.54. The summed E-state index contributed by atoms with van der Waals surface area (Å²) in [6, 6.07) is 3.27. The van der Waals surface area contributed by atoms with Crippen molar-refractivity contribution >= 4 is 36.7 Å². The van der Waals surface area contributed by atoms with E-state index >= 15 is 0 Å². The Bertz CT molecular complexity index is 393. The second-order valence-corrected chi connectivity index (χ2v) is 3.43. The van der Waals surface area contributed by atoms with E-state index in [1.54, 1.807) is 12.1 Å². The van der Waals surface area contributed by atoms with Gasteiger partial charge in [0.1, 0.15) is 31.1 Å². The molecule has 0 aliphatic heterocycles. The zero-order valence-electron chi connectivity index (χ0n) is 10.2. The van der Waals surface area contributed by atoms with Gasteiger partial charge in [-0.1, -0.05) is 11.6 Å². The van der Waals surface area contributed by atoms with Gasteiger partial charge in [-0.15, -0.1) is 0 Å². The summed E-state index contributed by atoms with van der Waals surface area (Å²) in [4.78, 5) is 42.4. The van der Waals surface area contributed by atoms with E-state index in [1.165, 1.54) is 20.0 Å². The third-order valence-corrected chi connectivity index (χ3v) is 2.19. The Morgan fingerprint density at radius 1 is 1.17 bits per heavy atom. The highest BCUT2D eigenvalue weighted by molar-refractivity contribution is 6.32. The summed E-state index contributed by atoms with van der Waals surface area (Å²) in [5.74, 6) is -1.31. The van der Waals surface area contributed by atoms with Crippen molar-refractivity contribution in [2.45, 2.75) is 19.8 Å². The van der Waals surface area contributed by atoms with Crippen molar-refractivity contribution in [1.82, 2.24) is 4.98 Å². The molecule has 0 spiro atoms. The Balaban J connectivity index is 0. The number of carbonyl (C=O) groups is 4. The third kappa shape index (κ3) is 5.45. The molecule has 5 nitrogen and oxygen atoms in total. The average molecular weight is 272 g/mol. The number of ketones is 2. The lowest BCUT2D eigenvalue weighted by Crippen LogP contribution is -2.18. The number of Topliss-reactive ketones (excluding diaryl/α,β-unsaturated/α-hetero) is 2. The zero-order chi connectivity index (χ0) is 14.7. The molecule has 6 heteroatoms. The number of hydrogen-bond donors (Lipinski definition) is 0. The zero-order valence-corrected chi connectivity index (χ0v) is 10.9. The highest BCUT2D eigenvalue weighted by Gasteiger charge is 2.25. The van der Waals surface area contributed by atoms with Gasteiger partial charge < -0.3 is 9.59 Å². The first-order valence-electron chi connectivity index (χ1n) is 4.73. The molecule has 1 aromatic heterocycles. The van der Waals surface area contributed by atoms with E-state index in [0.717, 1.165) is 0 Å². The molecule has 18 heavy (non-hydrogen) atoms. The number of hydrogen-bond acceptors (Lipinski definition) is 5. The minimum atomic E-state index is -0.830. The Labute approximate surface area is 110 Å². The Hall–Kier alpha value is -1.88. The summed E-state index contributed by atoms with van der Waals surface area (Å²) in [6.45, 7) is 6.72. The van der Waals surface area contributed by atoms with Gasteiger partial charge in [-0.3, -0.25) is 14.6 Å². The molecule has 0 aromatic carbocycles. The second-order valence-electron chi connectivity index (χ2n) is 3.02. The van der Waals surface area contributed by atoms with E-state index in [-0.39, 0.29) is 11.6 Å². The van der Waals surface area contributed by atoms with Gasteiger partial charge in [0.15, 0.2) is 0 Å². The lowest BCUT2D eigenvalue weighted by Gasteiger charge is -2.10. The normalized spacial score (nSPS) is 8.44. The van der Waals surface area contributed by atoms with Crippen LogP contribution in [0.15, 0.2) is 18.3 Å². The Morgan fingerprint density at radius 2 is 1.61 bits per heavy atom. The summed E-state index contributed by atoms with van der Waals surface area (Å²) in [5, 5.41) is 0.350. The average Bonchev–Trinajstić information content (AvgIpc) is 2.36. The topological polar surface area (TPSA) is 81.2 Å². The maximum absolute atomic E-state index is 11.2. The molecule has 1 rings (SSSR count). The Kier molecular flexibility index (Phi) is 10.6. The van der Waals surface area contributed by atoms with Gasteiger partial charge in [0.05, 0.1) is 10.7 Å². The van der Waals surface area contributed by atoms with Crippen molar-refractivity contribution in [2.24, 2.45) is 0 Å². The molecule has 0 fully saturated rings. The third-order valence-electron chi connectivity index (χ3n) is 1.87. The van der Waals surface area contributed by atoms with Crippen LogP contribution in [0.1, 0.15) is 25.5 Å². The van der Waals surface area contributed by atoms with E-state index < -0.39 is 5.92 Å². The van der Waals surface area contributed by atoms with Crippen LogP contribution in [-0.4, -0.2) is 30.1 Å². The number of rotatable bonds is 3. The van der Waals surface area contributed by atoms with Crippen LogP contribution in [0, 0.1) is 0 Å². The van der Waals surface area contributed by atoms with Gasteiger partial charge >= 0.3 is 0 Å². The van der Waals surface area contributed by atoms with Gasteiger partial charge in [0, 0.05) is 6.20 Å². The lowest BCUT2D eigenvalue weighted by molar-refractivity contribution is -0.127. The van der Waals surface area contributed by atoms with Crippen LogP contribution in [0.2, 0.25) is 5.02 Å². The number of halogens is 1. The molecule has 1 heterocycles. The van der Waals surface area contributed by atoms with Crippen molar-refractivity contribution in [3.63, 3.8) is 0 Å². The second kappa shape index (κ2) is 10.3. The fraction of sp³-hybridized carbons (Fsp3) is 0.250. The number of nitrogens with zero attached hydrogens (tertiary/aromatic N) is 1. The van der Waals surface area contributed by atoms with Crippen molar-refractivity contribution in [2.75, 3.05) is 0 Å². The van der Waals surface area contributed by atoms with Gasteiger partial charge in [-0.25, -0.2) is 0 Å². The summed E-state index contributed by atoms with van der Waals surface area (Å²) in [7, 11) is 0. The van der Waals surface area contributed by atoms with Crippen LogP contribution in [0.4, 0.5) is 0 Å². The standard InChI is InChI=1S/C10H10ClNO2.2CH2O/c1-6(13)9(7(2)14)10-8(11)4-3-5-12-10;2*1-2/h3-5,9H,1-2H3;2*1H2. The monoisotopic (exact) mass is 271 g/mol. The van der Waals surface area contributed by atoms with Crippen LogP contribution in [0.25, 0.3) is 0 Å². The number of carbonyl (C=O) groups excluding carboxylic acids is 4. The Morgan fingerprint density at radius 3 is 1.94 bits per heavy atom. The molecular weight excluding hydrogens is 258 g/mol. The van der Waals surface area contributed by atoms with Gasteiger partial charge in [-0.2, -0.15) is 0 Å². The molecule has 98 valence electrons. The van der Waals surface area contributed by atoms with Gasteiger partial charge in [0.25, 0.3) is 0 Å². The molecule has 1 aromatic rings. The summed E-state index contributed by atoms with van der Waals surface area (Å²) in [5.41, 5.74) is 0.342. The quantitative estimate of drug-likeness (QED) is 0.781. The lowest BCUT2D eigenvalue weighted by atomic mass is 9.96. The molecule has 0 radical (unpaired) electrons. The first kappa shape index (κ1) is 18.5. The molecule has 0 saturated carbocycles. The predicted molar refractivity (Wildman–Crippen MR) is 67.6 cm³/mol. The van der Waals surface area contributed by atoms with Crippen LogP contribution < -0.4 is 0 Å². The fourth-order valence-corrected chi connectivity index (χ4v) is 1.51. The van der Waals surface area contributed by atoms with Gasteiger partial charge in [0.2, 0.25) is 0 Å². The van der Waals surface area contributed by atoms with Crippen molar-refractivity contribution < 1.29 is 19.2 Å². The van der Waals surface area contributed by atoms with Crippen LogP contribution in [0.5, 0.6) is 0 Å². The number of aromatic nitrogens is 1. The highest BCUT2D eigenvalue weighted by atomic mass is 35.5. The smallest absolute Gasteiger partial charge is 0.146 e. The predicted octanol–water partition coefficient (Wildman–Crippen LogP) is 1.63. The van der Waals surface area contributed by atoms with E-state index in [9.17, 15) is 9.59 Å². The maximum atomic E-state index is 11.2. The van der Waals surface area contributed by atoms with Crippen molar-refractivity contribution in [3.8, 4) is 0 Å². The number of pyridine rings is 1.